The molecule has 0 saturated heterocycles. The lowest BCUT2D eigenvalue weighted by Crippen LogP contribution is -2.35. The summed E-state index contributed by atoms with van der Waals surface area (Å²) in [6.45, 7) is 3.69. The molecule has 0 aliphatic rings. The lowest BCUT2D eigenvalue weighted by atomic mass is 10.3. The van der Waals surface area contributed by atoms with Gasteiger partial charge in [0.25, 0.3) is 0 Å². The van der Waals surface area contributed by atoms with E-state index < -0.39 is 0 Å². The van der Waals surface area contributed by atoms with Gasteiger partial charge in [-0.2, -0.15) is 0 Å². The first-order valence-electron chi connectivity index (χ1n) is 6.14. The maximum atomic E-state index is 11.8. The number of anilines is 2. The van der Waals surface area contributed by atoms with Crippen molar-refractivity contribution in [2.24, 2.45) is 0 Å². The third kappa shape index (κ3) is 5.16. The molecule has 5 nitrogen and oxygen atoms in total. The molecule has 0 aliphatic heterocycles. The Balaban J connectivity index is 2.49. The summed E-state index contributed by atoms with van der Waals surface area (Å²) in [4.78, 5) is 13.7. The lowest BCUT2D eigenvalue weighted by molar-refractivity contribution is -0.117. The summed E-state index contributed by atoms with van der Waals surface area (Å²) in [5, 5.41) is 11.7. The number of amides is 1. The van der Waals surface area contributed by atoms with Crippen LogP contribution < -0.4 is 11.1 Å². The average molecular weight is 251 g/mol. The van der Waals surface area contributed by atoms with E-state index in [9.17, 15) is 4.79 Å². The Labute approximate surface area is 108 Å². The van der Waals surface area contributed by atoms with Gasteiger partial charge in [0, 0.05) is 17.9 Å². The highest BCUT2D eigenvalue weighted by Gasteiger charge is 2.09. The monoisotopic (exact) mass is 251 g/mol. The minimum Gasteiger partial charge on any atom is -0.399 e. The van der Waals surface area contributed by atoms with Crippen molar-refractivity contribution >= 4 is 17.3 Å². The van der Waals surface area contributed by atoms with E-state index >= 15 is 0 Å². The van der Waals surface area contributed by atoms with Gasteiger partial charge in [0.2, 0.25) is 5.91 Å². The molecule has 1 aromatic carbocycles. The average Bonchev–Trinajstić information content (AvgIpc) is 2.29. The fraction of sp³-hybridized carbons (Fsp3) is 0.462. The third-order valence-corrected chi connectivity index (χ3v) is 2.49. The van der Waals surface area contributed by atoms with Crippen LogP contribution in [0.25, 0.3) is 0 Å². The second-order valence-corrected chi connectivity index (χ2v) is 4.17. The summed E-state index contributed by atoms with van der Waals surface area (Å²) < 4.78 is 0. The van der Waals surface area contributed by atoms with Crippen LogP contribution in [0.1, 0.15) is 13.3 Å². The molecule has 100 valence electrons. The van der Waals surface area contributed by atoms with E-state index in [4.69, 9.17) is 10.8 Å². The van der Waals surface area contributed by atoms with Crippen LogP contribution in [0.3, 0.4) is 0 Å². The van der Waals surface area contributed by atoms with Gasteiger partial charge in [0.1, 0.15) is 0 Å². The van der Waals surface area contributed by atoms with E-state index in [0.29, 0.717) is 17.9 Å². The smallest absolute Gasteiger partial charge is 0.238 e. The summed E-state index contributed by atoms with van der Waals surface area (Å²) in [5.74, 6) is -0.0949. The Morgan fingerprint density at radius 2 is 2.22 bits per heavy atom. The SMILES string of the molecule is CCCN(CCO)CC(=O)Nc1cccc(N)c1. The van der Waals surface area contributed by atoms with Crippen LogP contribution in [-0.2, 0) is 4.79 Å². The van der Waals surface area contributed by atoms with Crippen LogP contribution in [-0.4, -0.2) is 42.2 Å². The van der Waals surface area contributed by atoms with Crippen LogP contribution in [0, 0.1) is 0 Å². The van der Waals surface area contributed by atoms with Crippen molar-refractivity contribution in [3.05, 3.63) is 24.3 Å². The molecule has 1 amide bonds. The second-order valence-electron chi connectivity index (χ2n) is 4.17. The number of nitrogens with zero attached hydrogens (tertiary/aromatic N) is 1. The van der Waals surface area contributed by atoms with Gasteiger partial charge < -0.3 is 16.2 Å². The molecular formula is C13H21N3O2. The first kappa shape index (κ1) is 14.5. The van der Waals surface area contributed by atoms with E-state index in [-0.39, 0.29) is 19.1 Å². The molecule has 0 atom stereocenters. The molecule has 0 bridgehead atoms. The van der Waals surface area contributed by atoms with E-state index in [2.05, 4.69) is 5.32 Å². The Kier molecular flexibility index (Phi) is 6.18. The number of aliphatic hydroxyl groups excluding tert-OH is 1. The maximum absolute atomic E-state index is 11.8. The molecule has 0 saturated carbocycles. The van der Waals surface area contributed by atoms with E-state index in [1.165, 1.54) is 0 Å². The van der Waals surface area contributed by atoms with Crippen LogP contribution >= 0.6 is 0 Å². The summed E-state index contributed by atoms with van der Waals surface area (Å²) in [5.41, 5.74) is 6.95. The zero-order valence-corrected chi connectivity index (χ0v) is 10.7. The van der Waals surface area contributed by atoms with Crippen molar-refractivity contribution in [1.82, 2.24) is 4.90 Å². The Morgan fingerprint density at radius 3 is 2.83 bits per heavy atom. The number of rotatable bonds is 7. The van der Waals surface area contributed by atoms with Crippen molar-refractivity contribution in [2.45, 2.75) is 13.3 Å². The summed E-state index contributed by atoms with van der Waals surface area (Å²) in [7, 11) is 0. The topological polar surface area (TPSA) is 78.6 Å². The van der Waals surface area contributed by atoms with Crippen LogP contribution in [0.15, 0.2) is 24.3 Å². The van der Waals surface area contributed by atoms with Gasteiger partial charge in [-0.3, -0.25) is 9.69 Å². The predicted octanol–water partition coefficient (Wildman–Crippen LogP) is 0.912. The fourth-order valence-electron chi connectivity index (χ4n) is 1.75. The van der Waals surface area contributed by atoms with Crippen molar-refractivity contribution in [2.75, 3.05) is 37.3 Å². The largest absolute Gasteiger partial charge is 0.399 e. The van der Waals surface area contributed by atoms with Crippen LogP contribution in [0.5, 0.6) is 0 Å². The maximum Gasteiger partial charge on any atom is 0.238 e. The summed E-state index contributed by atoms with van der Waals surface area (Å²) in [6.07, 6.45) is 0.950. The van der Waals surface area contributed by atoms with Crippen molar-refractivity contribution < 1.29 is 9.90 Å². The zero-order chi connectivity index (χ0) is 13.4. The quantitative estimate of drug-likeness (QED) is 0.629. The highest BCUT2D eigenvalue weighted by molar-refractivity contribution is 5.92. The van der Waals surface area contributed by atoms with Gasteiger partial charge in [-0.25, -0.2) is 0 Å². The molecule has 0 heterocycles. The van der Waals surface area contributed by atoms with Crippen molar-refractivity contribution in [1.29, 1.82) is 0 Å². The molecule has 1 rings (SSSR count). The van der Waals surface area contributed by atoms with Gasteiger partial charge in [-0.15, -0.1) is 0 Å². The van der Waals surface area contributed by atoms with Crippen molar-refractivity contribution in [3.8, 4) is 0 Å². The summed E-state index contributed by atoms with van der Waals surface area (Å²) in [6, 6.07) is 7.08. The highest BCUT2D eigenvalue weighted by atomic mass is 16.3. The number of hydrogen-bond acceptors (Lipinski definition) is 4. The van der Waals surface area contributed by atoms with E-state index in [0.717, 1.165) is 13.0 Å². The lowest BCUT2D eigenvalue weighted by Gasteiger charge is -2.19. The van der Waals surface area contributed by atoms with Crippen molar-refractivity contribution in [3.63, 3.8) is 0 Å². The molecule has 18 heavy (non-hydrogen) atoms. The van der Waals surface area contributed by atoms with Crippen LogP contribution in [0.2, 0.25) is 0 Å². The second kappa shape index (κ2) is 7.68. The number of aliphatic hydroxyl groups is 1. The number of benzene rings is 1. The molecule has 0 fully saturated rings. The van der Waals surface area contributed by atoms with Gasteiger partial charge in [0.05, 0.1) is 13.2 Å². The first-order valence-corrected chi connectivity index (χ1v) is 6.14. The minimum atomic E-state index is -0.0949. The molecule has 0 unspecified atom stereocenters. The van der Waals surface area contributed by atoms with E-state index in [1.807, 2.05) is 11.8 Å². The molecule has 0 aliphatic carbocycles. The van der Waals surface area contributed by atoms with Gasteiger partial charge in [-0.05, 0) is 31.2 Å². The minimum absolute atomic E-state index is 0.0611. The van der Waals surface area contributed by atoms with E-state index in [1.54, 1.807) is 24.3 Å². The molecule has 1 aromatic rings. The third-order valence-electron chi connectivity index (χ3n) is 2.49. The Hall–Kier alpha value is -1.59. The normalized spacial score (nSPS) is 10.6. The fourth-order valence-corrected chi connectivity index (χ4v) is 1.75. The number of carbonyl (C=O) groups excluding carboxylic acids is 1. The van der Waals surface area contributed by atoms with Crippen LogP contribution in [0.4, 0.5) is 11.4 Å². The molecule has 5 heteroatoms. The Morgan fingerprint density at radius 1 is 1.44 bits per heavy atom. The molecule has 0 aromatic heterocycles. The number of carbonyl (C=O) groups is 1. The predicted molar refractivity (Wildman–Crippen MR) is 73.3 cm³/mol. The standard InChI is InChI=1S/C13H21N3O2/c1-2-6-16(7-8-17)10-13(18)15-12-5-3-4-11(14)9-12/h3-5,9,17H,2,6-8,10,14H2,1H3,(H,15,18). The van der Waals surface area contributed by atoms with Gasteiger partial charge >= 0.3 is 0 Å². The number of hydrogen-bond donors (Lipinski definition) is 3. The first-order chi connectivity index (χ1) is 8.65. The molecule has 0 radical (unpaired) electrons. The molecular weight excluding hydrogens is 230 g/mol. The molecule has 0 spiro atoms. The zero-order valence-electron chi connectivity index (χ0n) is 10.7. The van der Waals surface area contributed by atoms with Gasteiger partial charge in [-0.1, -0.05) is 13.0 Å². The highest BCUT2D eigenvalue weighted by Crippen LogP contribution is 2.11. The Bertz CT molecular complexity index is 376. The summed E-state index contributed by atoms with van der Waals surface area (Å²) >= 11 is 0. The number of nitrogen functional groups attached to an aromatic ring is 1. The molecule has 4 N–H and O–H groups in total. The van der Waals surface area contributed by atoms with Gasteiger partial charge in [0.15, 0.2) is 0 Å². The number of nitrogens with one attached hydrogen (secondary N) is 1. The number of nitrogens with two attached hydrogens (primary N) is 1.